The first-order valence-corrected chi connectivity index (χ1v) is 6.59. The summed E-state index contributed by atoms with van der Waals surface area (Å²) in [6.45, 7) is 1.42. The molecule has 0 spiro atoms. The normalized spacial score (nSPS) is 15.0. The third-order valence-corrected chi connectivity index (χ3v) is 3.02. The molecule has 0 aliphatic carbocycles. The van der Waals surface area contributed by atoms with Gasteiger partial charge in [-0.1, -0.05) is 0 Å². The molecule has 0 radical (unpaired) electrons. The molecule has 0 fully saturated rings. The van der Waals surface area contributed by atoms with Gasteiger partial charge in [-0.15, -0.1) is 0 Å². The maximum Gasteiger partial charge on any atom is 0.342 e. The Balaban J connectivity index is 3.82. The number of aliphatic hydroxyl groups excluding tert-OH is 1. The van der Waals surface area contributed by atoms with E-state index in [1.165, 1.54) is 0 Å². The number of hydrogen-bond acceptors (Lipinski definition) is 8. The largest absolute Gasteiger partial charge is 0.509 e. The van der Waals surface area contributed by atoms with E-state index in [1.807, 2.05) is 0 Å². The van der Waals surface area contributed by atoms with E-state index in [9.17, 15) is 29.1 Å². The van der Waals surface area contributed by atoms with Gasteiger partial charge in [0.2, 0.25) is 11.8 Å². The van der Waals surface area contributed by atoms with E-state index in [-0.39, 0.29) is 0 Å². The minimum Gasteiger partial charge on any atom is -0.509 e. The highest BCUT2D eigenvalue weighted by molar-refractivity contribution is 6.16. The number of rotatable bonds is 3. The summed E-state index contributed by atoms with van der Waals surface area (Å²) in [6.07, 6.45) is 0. The predicted molar refractivity (Wildman–Crippen MR) is 76.9 cm³/mol. The Morgan fingerprint density at radius 1 is 1.04 bits per heavy atom. The second-order valence-corrected chi connectivity index (χ2v) is 4.65. The zero-order valence-corrected chi connectivity index (χ0v) is 13.5. The number of amides is 3. The lowest BCUT2D eigenvalue weighted by Gasteiger charge is -2.18. The van der Waals surface area contributed by atoms with E-state index in [2.05, 4.69) is 14.8 Å². The third-order valence-electron chi connectivity index (χ3n) is 3.02. The zero-order valence-electron chi connectivity index (χ0n) is 13.5. The summed E-state index contributed by atoms with van der Waals surface area (Å²) in [5.74, 6) is -5.67. The van der Waals surface area contributed by atoms with Gasteiger partial charge in [0, 0.05) is 13.8 Å². The van der Waals surface area contributed by atoms with Gasteiger partial charge in [0.15, 0.2) is 0 Å². The Hall–Kier alpha value is -3.17. The molecule has 0 atom stereocenters. The zero-order chi connectivity index (χ0) is 18.6. The number of aliphatic hydroxyl groups is 1. The van der Waals surface area contributed by atoms with Crippen LogP contribution < -0.4 is 5.32 Å². The van der Waals surface area contributed by atoms with Crippen molar-refractivity contribution in [2.45, 2.75) is 13.8 Å². The van der Waals surface area contributed by atoms with Crippen LogP contribution in [0.3, 0.4) is 0 Å². The molecule has 1 aliphatic heterocycles. The summed E-state index contributed by atoms with van der Waals surface area (Å²) in [6, 6.07) is 0. The molecule has 0 aromatic carbocycles. The lowest BCUT2D eigenvalue weighted by Crippen LogP contribution is -2.41. The highest BCUT2D eigenvalue weighted by Gasteiger charge is 2.39. The number of ether oxygens (including phenoxy) is 2. The van der Waals surface area contributed by atoms with Gasteiger partial charge in [-0.2, -0.15) is 0 Å². The minimum absolute atomic E-state index is 0.555. The fraction of sp³-hybridized carbons (Fsp3) is 0.357. The van der Waals surface area contributed by atoms with Gasteiger partial charge in [-0.3, -0.25) is 19.3 Å². The third kappa shape index (κ3) is 3.59. The second-order valence-electron chi connectivity index (χ2n) is 4.65. The maximum absolute atomic E-state index is 12.5. The molecule has 2 N–H and O–H groups in total. The molecule has 10 heteroatoms. The number of carbonyl (C=O) groups is 5. The number of esters is 2. The van der Waals surface area contributed by atoms with Crippen LogP contribution in [0.15, 0.2) is 22.6 Å². The molecule has 130 valence electrons. The van der Waals surface area contributed by atoms with Gasteiger partial charge in [-0.25, -0.2) is 9.59 Å². The van der Waals surface area contributed by atoms with Gasteiger partial charge in [-0.05, 0) is 0 Å². The molecular weight excluding hydrogens is 324 g/mol. The molecule has 0 saturated carbocycles. The highest BCUT2D eigenvalue weighted by atomic mass is 16.5. The molecule has 1 rings (SSSR count). The van der Waals surface area contributed by atoms with E-state index < -0.39 is 58.8 Å². The Labute approximate surface area is 136 Å². The molecule has 10 nitrogen and oxygen atoms in total. The van der Waals surface area contributed by atoms with Crippen molar-refractivity contribution in [3.05, 3.63) is 22.6 Å². The first-order chi connectivity index (χ1) is 11.1. The minimum atomic E-state index is -1.18. The summed E-state index contributed by atoms with van der Waals surface area (Å²) < 4.78 is 9.02. The Bertz CT molecular complexity index is 689. The van der Waals surface area contributed by atoms with Crippen molar-refractivity contribution in [2.24, 2.45) is 0 Å². The van der Waals surface area contributed by atoms with Crippen molar-refractivity contribution < 1.29 is 38.6 Å². The first-order valence-electron chi connectivity index (χ1n) is 6.59. The first kappa shape index (κ1) is 18.9. The van der Waals surface area contributed by atoms with E-state index in [4.69, 9.17) is 0 Å². The van der Waals surface area contributed by atoms with Crippen LogP contribution in [0.5, 0.6) is 0 Å². The summed E-state index contributed by atoms with van der Waals surface area (Å²) in [7, 11) is 1.97. The molecule has 0 aromatic rings. The Kier molecular flexibility index (Phi) is 5.82. The summed E-state index contributed by atoms with van der Waals surface area (Å²) in [5.41, 5.74) is -2.05. The highest BCUT2D eigenvalue weighted by Crippen LogP contribution is 2.25. The lowest BCUT2D eigenvalue weighted by molar-refractivity contribution is -0.142. The van der Waals surface area contributed by atoms with Crippen LogP contribution in [-0.4, -0.2) is 60.4 Å². The molecule has 1 aliphatic rings. The van der Waals surface area contributed by atoms with Crippen molar-refractivity contribution in [1.82, 2.24) is 10.2 Å². The predicted octanol–water partition coefficient (Wildman–Crippen LogP) is -1.08. The summed E-state index contributed by atoms with van der Waals surface area (Å²) >= 11 is 0. The molecule has 0 unspecified atom stereocenters. The molecule has 0 saturated heterocycles. The van der Waals surface area contributed by atoms with Crippen molar-refractivity contribution >= 4 is 29.7 Å². The number of methoxy groups -OCH3 is 2. The summed E-state index contributed by atoms with van der Waals surface area (Å²) in [5, 5.41) is 12.2. The van der Waals surface area contributed by atoms with Gasteiger partial charge >= 0.3 is 11.9 Å². The van der Waals surface area contributed by atoms with Crippen LogP contribution in [0.1, 0.15) is 13.8 Å². The van der Waals surface area contributed by atoms with Crippen molar-refractivity contribution in [3.8, 4) is 0 Å². The van der Waals surface area contributed by atoms with Crippen LogP contribution in [-0.2, 0) is 33.4 Å². The molecule has 3 amide bonds. The number of nitrogens with one attached hydrogen (secondary N) is 1. The Morgan fingerprint density at radius 2 is 1.54 bits per heavy atom. The Morgan fingerprint density at radius 3 is 1.96 bits per heavy atom. The quantitative estimate of drug-likeness (QED) is 0.619. The van der Waals surface area contributed by atoms with E-state index in [0.29, 0.717) is 4.90 Å². The van der Waals surface area contributed by atoms with Crippen LogP contribution in [0.4, 0.5) is 0 Å². The molecule has 1 heterocycles. The molecular formula is C14H16N2O8. The van der Waals surface area contributed by atoms with E-state index >= 15 is 0 Å². The molecule has 0 aromatic heterocycles. The topological polar surface area (TPSA) is 139 Å². The maximum atomic E-state index is 12.5. The monoisotopic (exact) mass is 340 g/mol. The molecule has 24 heavy (non-hydrogen) atoms. The number of imide groups is 1. The molecule has 0 bridgehead atoms. The van der Waals surface area contributed by atoms with Crippen LogP contribution >= 0.6 is 0 Å². The smallest absolute Gasteiger partial charge is 0.342 e. The van der Waals surface area contributed by atoms with Crippen molar-refractivity contribution in [2.75, 3.05) is 20.8 Å². The number of nitrogens with zero attached hydrogens (tertiary/aromatic N) is 1. The lowest BCUT2D eigenvalue weighted by atomic mass is 10.0. The second kappa shape index (κ2) is 7.40. The fourth-order valence-corrected chi connectivity index (χ4v) is 1.99. The summed E-state index contributed by atoms with van der Waals surface area (Å²) in [4.78, 5) is 60.1. The van der Waals surface area contributed by atoms with Gasteiger partial charge in [0.25, 0.3) is 5.91 Å². The van der Waals surface area contributed by atoms with Gasteiger partial charge in [0.05, 0.1) is 20.8 Å². The van der Waals surface area contributed by atoms with Crippen LogP contribution in [0.25, 0.3) is 0 Å². The van der Waals surface area contributed by atoms with Crippen LogP contribution in [0, 0.1) is 0 Å². The van der Waals surface area contributed by atoms with Gasteiger partial charge in [0.1, 0.15) is 22.6 Å². The average molecular weight is 340 g/mol. The van der Waals surface area contributed by atoms with E-state index in [1.54, 1.807) is 0 Å². The van der Waals surface area contributed by atoms with Crippen molar-refractivity contribution in [1.29, 1.82) is 0 Å². The number of hydrogen-bond donors (Lipinski definition) is 2. The van der Waals surface area contributed by atoms with Crippen LogP contribution in [0.2, 0.25) is 0 Å². The SMILES string of the molecule is COC(=O)C1=C(O)CN(C(C)=O)C(=O)C(NC(C)=O)=C1C(=O)OC. The number of carbonyl (C=O) groups excluding carboxylic acids is 5. The van der Waals surface area contributed by atoms with Gasteiger partial charge < -0.3 is 19.9 Å². The van der Waals surface area contributed by atoms with E-state index in [0.717, 1.165) is 28.1 Å². The fourth-order valence-electron chi connectivity index (χ4n) is 1.99. The van der Waals surface area contributed by atoms with Crippen molar-refractivity contribution in [3.63, 3.8) is 0 Å². The standard InChI is InChI=1S/C14H16N2O8/c1-6(17)15-11-10(14(22)24-4)9(13(21)23-3)8(19)5-16(7(2)18)12(11)20/h19H,5H2,1-4H3,(H,15,17). The average Bonchev–Trinajstić information content (AvgIpc) is 2.62.